The van der Waals surface area contributed by atoms with Crippen molar-refractivity contribution in [3.63, 3.8) is 0 Å². The van der Waals surface area contributed by atoms with Crippen LogP contribution in [-0.2, 0) is 9.59 Å². The zero-order valence-corrected chi connectivity index (χ0v) is 9.70. The molecule has 0 aromatic heterocycles. The minimum absolute atomic E-state index is 0.00693. The van der Waals surface area contributed by atoms with Gasteiger partial charge in [-0.2, -0.15) is 0 Å². The van der Waals surface area contributed by atoms with Gasteiger partial charge in [0.15, 0.2) is 0 Å². The zero-order valence-electron chi connectivity index (χ0n) is 8.94. The zero-order chi connectivity index (χ0) is 11.6. The van der Waals surface area contributed by atoms with Crippen LogP contribution in [0.3, 0.4) is 0 Å². The second kappa shape index (κ2) is 4.84. The molecule has 15 heavy (non-hydrogen) atoms. The summed E-state index contributed by atoms with van der Waals surface area (Å²) < 4.78 is 0. The highest BCUT2D eigenvalue weighted by Gasteiger charge is 2.35. The number of halogens is 1. The molecule has 1 fully saturated rings. The van der Waals surface area contributed by atoms with Gasteiger partial charge in [0.25, 0.3) is 0 Å². The normalized spacial score (nSPS) is 23.6. The first-order valence-corrected chi connectivity index (χ1v) is 5.50. The van der Waals surface area contributed by atoms with E-state index in [1.54, 1.807) is 4.90 Å². The van der Waals surface area contributed by atoms with Crippen LogP contribution in [0.5, 0.6) is 0 Å². The molecule has 1 N–H and O–H groups in total. The van der Waals surface area contributed by atoms with Crippen LogP contribution in [-0.4, -0.2) is 39.8 Å². The van der Waals surface area contributed by atoms with Gasteiger partial charge in [-0.15, -0.1) is 11.6 Å². The lowest BCUT2D eigenvalue weighted by atomic mass is 9.99. The third-order valence-electron chi connectivity index (χ3n) is 2.66. The van der Waals surface area contributed by atoms with Crippen LogP contribution >= 0.6 is 11.6 Å². The van der Waals surface area contributed by atoms with Crippen molar-refractivity contribution in [3.05, 3.63) is 0 Å². The van der Waals surface area contributed by atoms with E-state index in [4.69, 9.17) is 16.7 Å². The molecule has 1 amide bonds. The van der Waals surface area contributed by atoms with Crippen molar-refractivity contribution >= 4 is 23.5 Å². The molecule has 0 aromatic rings. The van der Waals surface area contributed by atoms with Gasteiger partial charge in [0.05, 0.1) is 11.8 Å². The Hall–Kier alpha value is -0.770. The maximum absolute atomic E-state index is 11.6. The number of amides is 1. The largest absolute Gasteiger partial charge is 0.481 e. The van der Waals surface area contributed by atoms with Gasteiger partial charge >= 0.3 is 5.97 Å². The van der Waals surface area contributed by atoms with E-state index < -0.39 is 5.97 Å². The average molecular weight is 234 g/mol. The fraction of sp³-hybridized carbons (Fsp3) is 0.800. The monoisotopic (exact) mass is 233 g/mol. The summed E-state index contributed by atoms with van der Waals surface area (Å²) in [7, 11) is 0. The number of carboxylic acids is 1. The van der Waals surface area contributed by atoms with Crippen molar-refractivity contribution in [1.29, 1.82) is 0 Å². The Morgan fingerprint density at radius 3 is 2.60 bits per heavy atom. The number of nitrogens with zero attached hydrogens (tertiary/aromatic N) is 1. The molecule has 1 saturated heterocycles. The fourth-order valence-corrected chi connectivity index (χ4v) is 2.17. The predicted molar refractivity (Wildman–Crippen MR) is 56.8 cm³/mol. The third-order valence-corrected chi connectivity index (χ3v) is 2.96. The smallest absolute Gasteiger partial charge is 0.305 e. The van der Waals surface area contributed by atoms with E-state index in [9.17, 15) is 9.59 Å². The molecule has 86 valence electrons. The van der Waals surface area contributed by atoms with Crippen molar-refractivity contribution in [2.75, 3.05) is 6.54 Å². The maximum Gasteiger partial charge on any atom is 0.305 e. The van der Waals surface area contributed by atoms with Crippen LogP contribution in [0.4, 0.5) is 0 Å². The van der Waals surface area contributed by atoms with Gasteiger partial charge in [0.1, 0.15) is 0 Å². The van der Waals surface area contributed by atoms with Crippen LogP contribution in [0.25, 0.3) is 0 Å². The molecule has 0 saturated carbocycles. The van der Waals surface area contributed by atoms with Gasteiger partial charge in [-0.05, 0) is 5.92 Å². The van der Waals surface area contributed by atoms with Crippen LogP contribution in [0.15, 0.2) is 0 Å². The lowest BCUT2D eigenvalue weighted by molar-refractivity contribution is -0.140. The van der Waals surface area contributed by atoms with Gasteiger partial charge in [-0.3, -0.25) is 9.59 Å². The number of carboxylic acid groups (broad SMARTS) is 1. The quantitative estimate of drug-likeness (QED) is 0.746. The van der Waals surface area contributed by atoms with Crippen molar-refractivity contribution in [2.45, 2.75) is 38.1 Å². The Kier molecular flexibility index (Phi) is 3.97. The molecule has 5 heteroatoms. The average Bonchev–Trinajstić information content (AvgIpc) is 2.40. The van der Waals surface area contributed by atoms with Crippen molar-refractivity contribution in [3.8, 4) is 0 Å². The molecular weight excluding hydrogens is 218 g/mol. The topological polar surface area (TPSA) is 57.6 Å². The Morgan fingerprint density at radius 2 is 2.27 bits per heavy atom. The van der Waals surface area contributed by atoms with Crippen LogP contribution < -0.4 is 0 Å². The number of carbonyl (C=O) groups is 2. The maximum atomic E-state index is 11.6. The van der Waals surface area contributed by atoms with Gasteiger partial charge < -0.3 is 10.0 Å². The first kappa shape index (κ1) is 12.3. The summed E-state index contributed by atoms with van der Waals surface area (Å²) >= 11 is 5.88. The number of likely N-dealkylation sites (tertiary alicyclic amines) is 1. The predicted octanol–water partition coefficient (Wildman–Crippen LogP) is 1.33. The number of alkyl halides is 1. The summed E-state index contributed by atoms with van der Waals surface area (Å²) in [6, 6.07) is -0.237. The molecule has 0 bridgehead atoms. The van der Waals surface area contributed by atoms with Crippen LogP contribution in [0, 0.1) is 5.92 Å². The van der Waals surface area contributed by atoms with Crippen LogP contribution in [0.2, 0.25) is 0 Å². The lowest BCUT2D eigenvalue weighted by Gasteiger charge is -2.29. The molecule has 2 atom stereocenters. The number of carbonyl (C=O) groups excluding carboxylic acids is 1. The molecule has 1 heterocycles. The highest BCUT2D eigenvalue weighted by Crippen LogP contribution is 2.24. The van der Waals surface area contributed by atoms with Gasteiger partial charge in [-0.1, -0.05) is 13.8 Å². The summed E-state index contributed by atoms with van der Waals surface area (Å²) in [4.78, 5) is 23.9. The standard InChI is InChI=1S/C10H16ClNO3/c1-6(2)8(4-10(14)15)12-5-7(11)3-9(12)13/h6-8H,3-5H2,1-2H3,(H,14,15). The third kappa shape index (κ3) is 3.09. The number of hydrogen-bond acceptors (Lipinski definition) is 2. The molecule has 0 aliphatic carbocycles. The van der Waals surface area contributed by atoms with E-state index in [1.807, 2.05) is 13.8 Å². The summed E-state index contributed by atoms with van der Waals surface area (Å²) in [5, 5.41) is 8.60. The Labute approximate surface area is 94.2 Å². The number of hydrogen-bond donors (Lipinski definition) is 1. The molecule has 0 aromatic carbocycles. The van der Waals surface area contributed by atoms with E-state index in [-0.39, 0.29) is 29.7 Å². The molecule has 0 radical (unpaired) electrons. The van der Waals surface area contributed by atoms with Crippen molar-refractivity contribution < 1.29 is 14.7 Å². The van der Waals surface area contributed by atoms with Gasteiger partial charge in [0, 0.05) is 19.0 Å². The van der Waals surface area contributed by atoms with Gasteiger partial charge in [-0.25, -0.2) is 0 Å². The number of rotatable bonds is 4. The summed E-state index contributed by atoms with van der Waals surface area (Å²) in [5.41, 5.74) is 0. The summed E-state index contributed by atoms with van der Waals surface area (Å²) in [5.74, 6) is -0.776. The van der Waals surface area contributed by atoms with E-state index in [0.29, 0.717) is 13.0 Å². The highest BCUT2D eigenvalue weighted by molar-refractivity contribution is 6.22. The summed E-state index contributed by atoms with van der Waals surface area (Å²) in [6.45, 7) is 4.31. The molecule has 1 aliphatic rings. The van der Waals surface area contributed by atoms with Crippen molar-refractivity contribution in [2.24, 2.45) is 5.92 Å². The minimum Gasteiger partial charge on any atom is -0.481 e. The Bertz CT molecular complexity index is 267. The highest BCUT2D eigenvalue weighted by atomic mass is 35.5. The lowest BCUT2D eigenvalue weighted by Crippen LogP contribution is -2.41. The molecule has 1 rings (SSSR count). The van der Waals surface area contributed by atoms with E-state index >= 15 is 0 Å². The second-order valence-electron chi connectivity index (χ2n) is 4.26. The van der Waals surface area contributed by atoms with Gasteiger partial charge in [0.2, 0.25) is 5.91 Å². The van der Waals surface area contributed by atoms with Crippen LogP contribution in [0.1, 0.15) is 26.7 Å². The second-order valence-corrected chi connectivity index (χ2v) is 4.87. The number of aliphatic carboxylic acids is 1. The first-order valence-electron chi connectivity index (χ1n) is 5.07. The molecular formula is C10H16ClNO3. The Morgan fingerprint density at radius 1 is 1.67 bits per heavy atom. The Balaban J connectivity index is 2.71. The fourth-order valence-electron chi connectivity index (χ4n) is 1.89. The minimum atomic E-state index is -0.875. The van der Waals surface area contributed by atoms with E-state index in [0.717, 1.165) is 0 Å². The molecule has 1 aliphatic heterocycles. The molecule has 2 unspecified atom stereocenters. The molecule has 0 spiro atoms. The van der Waals surface area contributed by atoms with E-state index in [2.05, 4.69) is 0 Å². The van der Waals surface area contributed by atoms with E-state index in [1.165, 1.54) is 0 Å². The SMILES string of the molecule is CC(C)C(CC(=O)O)N1CC(Cl)CC1=O. The van der Waals surface area contributed by atoms with Crippen molar-refractivity contribution in [1.82, 2.24) is 4.90 Å². The summed E-state index contributed by atoms with van der Waals surface area (Å²) in [6.07, 6.45) is 0.317. The molecule has 4 nitrogen and oxygen atoms in total. The first-order chi connectivity index (χ1) is 6.91.